The molecule has 0 fully saturated rings. The lowest BCUT2D eigenvalue weighted by Crippen LogP contribution is -3.06. The van der Waals surface area contributed by atoms with E-state index in [0.717, 1.165) is 24.2 Å². The summed E-state index contributed by atoms with van der Waals surface area (Å²) in [5.74, 6) is 0.0750. The monoisotopic (exact) mass is 256 g/mol. The number of nitrogens with zero attached hydrogens (tertiary/aromatic N) is 1. The first kappa shape index (κ1) is 13.4. The summed E-state index contributed by atoms with van der Waals surface area (Å²) in [5, 5.41) is 0. The summed E-state index contributed by atoms with van der Waals surface area (Å²) in [6.45, 7) is 2.03. The Bertz CT molecular complexity index is 532. The van der Waals surface area contributed by atoms with Crippen molar-refractivity contribution in [2.75, 3.05) is 20.6 Å². The molecule has 1 aromatic carbocycles. The van der Waals surface area contributed by atoms with E-state index in [9.17, 15) is 4.79 Å². The van der Waals surface area contributed by atoms with Crippen molar-refractivity contribution in [3.8, 4) is 0 Å². The number of aromatic nitrogens is 1. The molecule has 0 unspecified atom stereocenters. The normalized spacial score (nSPS) is 10.7. The van der Waals surface area contributed by atoms with E-state index in [-0.39, 0.29) is 5.78 Å². The number of nitrogens with one attached hydrogen (secondary N) is 1. The molecule has 0 aliphatic rings. The summed E-state index contributed by atoms with van der Waals surface area (Å²) in [6, 6.07) is 13.2. The summed E-state index contributed by atoms with van der Waals surface area (Å²) >= 11 is 0. The number of carbonyl (C=O) groups is 1. The lowest BCUT2D eigenvalue weighted by atomic mass is 10.0. The van der Waals surface area contributed by atoms with Crippen LogP contribution in [0.25, 0.3) is 0 Å². The largest absolute Gasteiger partial charge is 0.335 e. The fraction of sp³-hybridized carbons (Fsp3) is 0.250. The van der Waals surface area contributed by atoms with Gasteiger partial charge in [0.1, 0.15) is 6.54 Å². The Balaban J connectivity index is 2.08. The second-order valence-electron chi connectivity index (χ2n) is 4.98. The number of likely N-dealkylation sites (N-methyl/N-ethyl adjacent to an activating group) is 1. The average molecular weight is 256 g/mol. The SMILES string of the molecule is C[NH+](C)CC[n+]1ccc(C(=O)c2ccccc2)cc1. The molecular formula is C16H20N2O+2. The standard InChI is InChI=1S/C16H19N2O/c1-17(2)12-13-18-10-8-15(9-11-18)16(19)14-6-4-3-5-7-14/h3-11H,12-13H2,1-2H3/q+1/p+1. The van der Waals surface area contributed by atoms with E-state index in [2.05, 4.69) is 18.7 Å². The molecule has 0 saturated heterocycles. The number of hydrogen-bond donors (Lipinski definition) is 1. The van der Waals surface area contributed by atoms with Crippen LogP contribution in [0, 0.1) is 0 Å². The fourth-order valence-corrected chi connectivity index (χ4v) is 1.87. The minimum absolute atomic E-state index is 0.0750. The molecule has 1 aromatic heterocycles. The molecule has 0 atom stereocenters. The number of hydrogen-bond acceptors (Lipinski definition) is 1. The highest BCUT2D eigenvalue weighted by molar-refractivity contribution is 6.08. The van der Waals surface area contributed by atoms with Gasteiger partial charge in [0.2, 0.25) is 0 Å². The average Bonchev–Trinajstić information content (AvgIpc) is 2.46. The van der Waals surface area contributed by atoms with Crippen molar-refractivity contribution < 1.29 is 14.3 Å². The maximum atomic E-state index is 12.2. The molecule has 0 spiro atoms. The maximum absolute atomic E-state index is 12.2. The van der Waals surface area contributed by atoms with E-state index in [1.54, 1.807) is 0 Å². The maximum Gasteiger partial charge on any atom is 0.196 e. The highest BCUT2D eigenvalue weighted by Crippen LogP contribution is 2.07. The van der Waals surface area contributed by atoms with Gasteiger partial charge in [0.15, 0.2) is 24.7 Å². The van der Waals surface area contributed by atoms with E-state index in [4.69, 9.17) is 0 Å². The van der Waals surface area contributed by atoms with Crippen molar-refractivity contribution in [2.45, 2.75) is 6.54 Å². The Morgan fingerprint density at radius 1 is 1.00 bits per heavy atom. The zero-order valence-electron chi connectivity index (χ0n) is 11.5. The van der Waals surface area contributed by atoms with Crippen molar-refractivity contribution in [1.82, 2.24) is 0 Å². The van der Waals surface area contributed by atoms with Crippen LogP contribution >= 0.6 is 0 Å². The third kappa shape index (κ3) is 3.73. The summed E-state index contributed by atoms with van der Waals surface area (Å²) in [4.78, 5) is 13.6. The molecule has 0 saturated carbocycles. The lowest BCUT2D eigenvalue weighted by Gasteiger charge is -2.04. The summed E-state index contributed by atoms with van der Waals surface area (Å²) in [6.07, 6.45) is 3.94. The van der Waals surface area contributed by atoms with Gasteiger partial charge in [0, 0.05) is 23.3 Å². The molecule has 0 aliphatic heterocycles. The van der Waals surface area contributed by atoms with Crippen LogP contribution in [0.3, 0.4) is 0 Å². The molecular weight excluding hydrogens is 236 g/mol. The topological polar surface area (TPSA) is 25.4 Å². The smallest absolute Gasteiger partial charge is 0.196 e. The second kappa shape index (κ2) is 6.25. The second-order valence-corrected chi connectivity index (χ2v) is 4.98. The van der Waals surface area contributed by atoms with Crippen LogP contribution in [0.15, 0.2) is 54.9 Å². The highest BCUT2D eigenvalue weighted by atomic mass is 16.1. The van der Waals surface area contributed by atoms with Crippen molar-refractivity contribution in [3.63, 3.8) is 0 Å². The Morgan fingerprint density at radius 2 is 1.58 bits per heavy atom. The lowest BCUT2D eigenvalue weighted by molar-refractivity contribution is -0.883. The number of quaternary nitrogens is 1. The zero-order valence-corrected chi connectivity index (χ0v) is 11.5. The molecule has 2 aromatic rings. The number of ketones is 1. The number of rotatable bonds is 5. The Morgan fingerprint density at radius 3 is 2.16 bits per heavy atom. The molecule has 3 nitrogen and oxygen atoms in total. The fourth-order valence-electron chi connectivity index (χ4n) is 1.87. The molecule has 3 heteroatoms. The molecule has 1 heterocycles. The minimum Gasteiger partial charge on any atom is -0.335 e. The van der Waals surface area contributed by atoms with Crippen LogP contribution in [0.2, 0.25) is 0 Å². The third-order valence-electron chi connectivity index (χ3n) is 3.06. The Hall–Kier alpha value is -2.00. The number of benzene rings is 1. The van der Waals surface area contributed by atoms with Gasteiger partial charge in [-0.05, 0) is 0 Å². The quantitative estimate of drug-likeness (QED) is 0.606. The van der Waals surface area contributed by atoms with Gasteiger partial charge in [-0.25, -0.2) is 0 Å². The zero-order chi connectivity index (χ0) is 13.7. The Kier molecular flexibility index (Phi) is 4.42. The number of pyridine rings is 1. The first-order valence-corrected chi connectivity index (χ1v) is 6.55. The van der Waals surface area contributed by atoms with E-state index in [1.165, 1.54) is 4.90 Å². The molecule has 1 N–H and O–H groups in total. The molecule has 0 aliphatic carbocycles. The van der Waals surface area contributed by atoms with Gasteiger partial charge in [-0.15, -0.1) is 0 Å². The third-order valence-corrected chi connectivity index (χ3v) is 3.06. The molecule has 2 rings (SSSR count). The predicted octanol–water partition coefficient (Wildman–Crippen LogP) is 0.350. The summed E-state index contributed by atoms with van der Waals surface area (Å²) in [5.41, 5.74) is 1.47. The van der Waals surface area contributed by atoms with Crippen LogP contribution in [0.5, 0.6) is 0 Å². The van der Waals surface area contributed by atoms with Crippen LogP contribution < -0.4 is 9.47 Å². The van der Waals surface area contributed by atoms with Gasteiger partial charge in [-0.1, -0.05) is 30.3 Å². The van der Waals surface area contributed by atoms with E-state index in [1.807, 2.05) is 54.9 Å². The van der Waals surface area contributed by atoms with Crippen molar-refractivity contribution >= 4 is 5.78 Å². The first-order valence-electron chi connectivity index (χ1n) is 6.55. The predicted molar refractivity (Wildman–Crippen MR) is 74.2 cm³/mol. The molecule has 0 amide bonds. The van der Waals surface area contributed by atoms with Crippen molar-refractivity contribution in [3.05, 3.63) is 66.0 Å². The van der Waals surface area contributed by atoms with Crippen LogP contribution in [-0.2, 0) is 6.54 Å². The van der Waals surface area contributed by atoms with E-state index >= 15 is 0 Å². The molecule has 0 radical (unpaired) electrons. The van der Waals surface area contributed by atoms with Gasteiger partial charge in [-0.2, -0.15) is 4.57 Å². The van der Waals surface area contributed by atoms with Crippen LogP contribution in [0.4, 0.5) is 0 Å². The van der Waals surface area contributed by atoms with Crippen LogP contribution in [0.1, 0.15) is 15.9 Å². The molecule has 19 heavy (non-hydrogen) atoms. The van der Waals surface area contributed by atoms with E-state index < -0.39 is 0 Å². The van der Waals surface area contributed by atoms with E-state index in [0.29, 0.717) is 0 Å². The van der Waals surface area contributed by atoms with Gasteiger partial charge < -0.3 is 4.90 Å². The first-order chi connectivity index (χ1) is 9.16. The summed E-state index contributed by atoms with van der Waals surface area (Å²) in [7, 11) is 4.27. The van der Waals surface area contributed by atoms with Gasteiger partial charge in [-0.3, -0.25) is 4.79 Å². The molecule has 0 bridgehead atoms. The van der Waals surface area contributed by atoms with Crippen molar-refractivity contribution in [1.29, 1.82) is 0 Å². The van der Waals surface area contributed by atoms with Gasteiger partial charge >= 0.3 is 0 Å². The van der Waals surface area contributed by atoms with Crippen molar-refractivity contribution in [2.24, 2.45) is 0 Å². The van der Waals surface area contributed by atoms with Gasteiger partial charge in [0.05, 0.1) is 14.1 Å². The van der Waals surface area contributed by atoms with Crippen LogP contribution in [-0.4, -0.2) is 26.4 Å². The van der Waals surface area contributed by atoms with Gasteiger partial charge in [0.25, 0.3) is 0 Å². The summed E-state index contributed by atoms with van der Waals surface area (Å²) < 4.78 is 2.11. The number of carbonyl (C=O) groups excluding carboxylic acids is 1. The highest BCUT2D eigenvalue weighted by Gasteiger charge is 2.10. The molecule has 98 valence electrons. The minimum atomic E-state index is 0.0750. The Labute approximate surface area is 114 Å².